The highest BCUT2D eigenvalue weighted by Crippen LogP contribution is 2.25. The van der Waals surface area contributed by atoms with Gasteiger partial charge in [0.05, 0.1) is 0 Å². The van der Waals surface area contributed by atoms with Gasteiger partial charge in [0.1, 0.15) is 17.7 Å². The highest BCUT2D eigenvalue weighted by molar-refractivity contribution is 5.33. The molecule has 1 unspecified atom stereocenters. The summed E-state index contributed by atoms with van der Waals surface area (Å²) in [6.45, 7) is 1.80. The summed E-state index contributed by atoms with van der Waals surface area (Å²) in [4.78, 5) is 3.89. The number of nitrogens with zero attached hydrogens (tertiary/aromatic N) is 1. The average Bonchev–Trinajstić information content (AvgIpc) is 2.27. The van der Waals surface area contributed by atoms with Gasteiger partial charge in [-0.25, -0.2) is 8.78 Å². The minimum atomic E-state index is -1.08. The van der Waals surface area contributed by atoms with Crippen LogP contribution in [0.1, 0.15) is 22.8 Å². The van der Waals surface area contributed by atoms with Gasteiger partial charge in [-0.05, 0) is 36.2 Å². The fourth-order valence-corrected chi connectivity index (χ4v) is 1.68. The van der Waals surface area contributed by atoms with Gasteiger partial charge >= 0.3 is 0 Å². The molecule has 0 saturated heterocycles. The second-order valence-electron chi connectivity index (χ2n) is 3.84. The molecule has 1 heterocycles. The van der Waals surface area contributed by atoms with Gasteiger partial charge in [0.15, 0.2) is 0 Å². The van der Waals surface area contributed by atoms with Crippen LogP contribution in [-0.2, 0) is 0 Å². The molecule has 2 nitrogen and oxygen atoms in total. The maximum Gasteiger partial charge on any atom is 0.126 e. The molecule has 0 saturated carbocycles. The number of benzene rings is 1. The fraction of sp³-hybridized carbons (Fsp3) is 0.154. The van der Waals surface area contributed by atoms with Gasteiger partial charge in [0.25, 0.3) is 0 Å². The molecule has 0 fully saturated rings. The molecular weight excluding hydrogens is 224 g/mol. The predicted octanol–water partition coefficient (Wildman–Crippen LogP) is 2.75. The first-order valence-electron chi connectivity index (χ1n) is 5.12. The summed E-state index contributed by atoms with van der Waals surface area (Å²) >= 11 is 0. The Morgan fingerprint density at radius 3 is 2.41 bits per heavy atom. The Labute approximate surface area is 97.6 Å². The van der Waals surface area contributed by atoms with Gasteiger partial charge in [-0.15, -0.1) is 0 Å². The predicted molar refractivity (Wildman–Crippen MR) is 59.4 cm³/mol. The van der Waals surface area contributed by atoms with E-state index in [0.29, 0.717) is 5.56 Å². The van der Waals surface area contributed by atoms with Crippen molar-refractivity contribution in [3.63, 3.8) is 0 Å². The topological polar surface area (TPSA) is 33.1 Å². The van der Waals surface area contributed by atoms with E-state index in [9.17, 15) is 13.9 Å². The maximum absolute atomic E-state index is 13.0. The lowest BCUT2D eigenvalue weighted by atomic mass is 9.99. The molecule has 2 rings (SSSR count). The average molecular weight is 235 g/mol. The van der Waals surface area contributed by atoms with E-state index in [4.69, 9.17) is 0 Å². The first-order valence-corrected chi connectivity index (χ1v) is 5.12. The zero-order valence-electron chi connectivity index (χ0n) is 9.19. The Hall–Kier alpha value is -1.81. The molecule has 88 valence electrons. The van der Waals surface area contributed by atoms with E-state index in [1.54, 1.807) is 19.2 Å². The Morgan fingerprint density at radius 2 is 1.82 bits per heavy atom. The van der Waals surface area contributed by atoms with Crippen molar-refractivity contribution in [2.75, 3.05) is 0 Å². The smallest absolute Gasteiger partial charge is 0.126 e. The molecular formula is C13H11F2NO. The summed E-state index contributed by atoms with van der Waals surface area (Å²) in [7, 11) is 0. The molecule has 1 N–H and O–H groups in total. The molecule has 1 aromatic carbocycles. The van der Waals surface area contributed by atoms with Gasteiger partial charge in [0.2, 0.25) is 0 Å². The van der Waals surface area contributed by atoms with Crippen molar-refractivity contribution in [1.82, 2.24) is 4.98 Å². The molecule has 0 bridgehead atoms. The van der Waals surface area contributed by atoms with Crippen LogP contribution in [0, 0.1) is 18.6 Å². The molecule has 0 aliphatic heterocycles. The molecule has 4 heteroatoms. The van der Waals surface area contributed by atoms with Crippen LogP contribution in [0.15, 0.2) is 36.7 Å². The van der Waals surface area contributed by atoms with Crippen molar-refractivity contribution >= 4 is 0 Å². The molecule has 2 aromatic rings. The summed E-state index contributed by atoms with van der Waals surface area (Å²) in [6, 6.07) is 4.72. The monoisotopic (exact) mass is 235 g/mol. The van der Waals surface area contributed by atoms with Crippen LogP contribution in [0.3, 0.4) is 0 Å². The lowest BCUT2D eigenvalue weighted by Gasteiger charge is -2.13. The molecule has 0 spiro atoms. The Morgan fingerprint density at radius 1 is 1.18 bits per heavy atom. The molecule has 17 heavy (non-hydrogen) atoms. The molecule has 0 radical (unpaired) electrons. The number of aromatic nitrogens is 1. The molecule has 0 aliphatic carbocycles. The van der Waals surface area contributed by atoms with Crippen molar-refractivity contribution < 1.29 is 13.9 Å². The number of pyridine rings is 1. The van der Waals surface area contributed by atoms with Crippen LogP contribution in [0.5, 0.6) is 0 Å². The molecule has 1 aromatic heterocycles. The van der Waals surface area contributed by atoms with E-state index in [1.807, 2.05) is 0 Å². The van der Waals surface area contributed by atoms with Crippen LogP contribution >= 0.6 is 0 Å². The van der Waals surface area contributed by atoms with Gasteiger partial charge in [0, 0.05) is 24.0 Å². The normalized spacial score (nSPS) is 12.5. The highest BCUT2D eigenvalue weighted by Gasteiger charge is 2.14. The molecule has 1 atom stereocenters. The highest BCUT2D eigenvalue weighted by atomic mass is 19.1. The van der Waals surface area contributed by atoms with E-state index in [0.717, 1.165) is 23.8 Å². The summed E-state index contributed by atoms with van der Waals surface area (Å²) in [6.07, 6.45) is 2.01. The second kappa shape index (κ2) is 4.59. The first kappa shape index (κ1) is 11.7. The van der Waals surface area contributed by atoms with Gasteiger partial charge < -0.3 is 5.11 Å². The van der Waals surface area contributed by atoms with Crippen molar-refractivity contribution in [3.8, 4) is 0 Å². The van der Waals surface area contributed by atoms with Crippen molar-refractivity contribution in [3.05, 3.63) is 65.0 Å². The Bertz CT molecular complexity index is 522. The van der Waals surface area contributed by atoms with E-state index in [-0.39, 0.29) is 5.56 Å². The molecule has 0 aliphatic rings. The number of hydrogen-bond acceptors (Lipinski definition) is 2. The largest absolute Gasteiger partial charge is 0.384 e. The van der Waals surface area contributed by atoms with Crippen molar-refractivity contribution in [2.24, 2.45) is 0 Å². The second-order valence-corrected chi connectivity index (χ2v) is 3.84. The quantitative estimate of drug-likeness (QED) is 0.868. The van der Waals surface area contributed by atoms with Crippen LogP contribution in [-0.4, -0.2) is 10.1 Å². The standard InChI is InChI=1S/C13H11F2NO/c1-8-2-3-16-7-12(8)13(17)9-4-10(14)6-11(15)5-9/h2-7,13,17H,1H3. The number of aryl methyl sites for hydroxylation is 1. The van der Waals surface area contributed by atoms with Gasteiger partial charge in [-0.1, -0.05) is 0 Å². The van der Waals surface area contributed by atoms with Crippen LogP contribution < -0.4 is 0 Å². The van der Waals surface area contributed by atoms with Crippen LogP contribution in [0.2, 0.25) is 0 Å². The summed E-state index contributed by atoms with van der Waals surface area (Å²) < 4.78 is 26.1. The summed E-state index contributed by atoms with van der Waals surface area (Å²) in [5.41, 5.74) is 1.54. The van der Waals surface area contributed by atoms with Crippen molar-refractivity contribution in [1.29, 1.82) is 0 Å². The first-order chi connectivity index (χ1) is 8.08. The third-order valence-corrected chi connectivity index (χ3v) is 2.57. The number of hydrogen-bond donors (Lipinski definition) is 1. The SMILES string of the molecule is Cc1ccncc1C(O)c1cc(F)cc(F)c1. The Kier molecular flexibility index (Phi) is 3.15. The van der Waals surface area contributed by atoms with Crippen LogP contribution in [0.25, 0.3) is 0 Å². The number of aliphatic hydroxyl groups is 1. The third kappa shape index (κ3) is 2.47. The minimum absolute atomic E-state index is 0.179. The number of rotatable bonds is 2. The summed E-state index contributed by atoms with van der Waals surface area (Å²) in [5.74, 6) is -1.42. The Balaban J connectivity index is 2.43. The lowest BCUT2D eigenvalue weighted by Crippen LogP contribution is -2.03. The maximum atomic E-state index is 13.0. The van der Waals surface area contributed by atoms with Gasteiger partial charge in [-0.3, -0.25) is 4.98 Å². The van der Waals surface area contributed by atoms with Crippen LogP contribution in [0.4, 0.5) is 8.78 Å². The van der Waals surface area contributed by atoms with E-state index in [2.05, 4.69) is 4.98 Å². The molecule has 0 amide bonds. The van der Waals surface area contributed by atoms with Gasteiger partial charge in [-0.2, -0.15) is 0 Å². The van der Waals surface area contributed by atoms with Crippen molar-refractivity contribution in [2.45, 2.75) is 13.0 Å². The van der Waals surface area contributed by atoms with E-state index >= 15 is 0 Å². The zero-order valence-corrected chi connectivity index (χ0v) is 9.19. The van der Waals surface area contributed by atoms with E-state index in [1.165, 1.54) is 6.20 Å². The minimum Gasteiger partial charge on any atom is -0.384 e. The van der Waals surface area contributed by atoms with E-state index < -0.39 is 17.7 Å². The summed E-state index contributed by atoms with van der Waals surface area (Å²) in [5, 5.41) is 10.0. The third-order valence-electron chi connectivity index (χ3n) is 2.57. The zero-order chi connectivity index (χ0) is 12.4. The fourth-order valence-electron chi connectivity index (χ4n) is 1.68. The lowest BCUT2D eigenvalue weighted by molar-refractivity contribution is 0.218. The number of halogens is 2. The number of aliphatic hydroxyl groups excluding tert-OH is 1.